The van der Waals surface area contributed by atoms with Crippen LogP contribution in [0, 0.1) is 47.3 Å². The van der Waals surface area contributed by atoms with Crippen molar-refractivity contribution in [2.75, 3.05) is 0 Å². The fraction of sp³-hybridized carbons (Fsp3) is 1.00. The summed E-state index contributed by atoms with van der Waals surface area (Å²) in [6.07, 6.45) is 35.8. The van der Waals surface area contributed by atoms with Crippen molar-refractivity contribution < 1.29 is 18.9 Å². The predicted molar refractivity (Wildman–Crippen MR) is 182 cm³/mol. The molecule has 0 aromatic carbocycles. The van der Waals surface area contributed by atoms with E-state index in [1.54, 1.807) is 0 Å². The van der Waals surface area contributed by atoms with Crippen LogP contribution >= 0.6 is 0 Å². The quantitative estimate of drug-likeness (QED) is 0.307. The Balaban J connectivity index is 0.887. The fourth-order valence-electron chi connectivity index (χ4n) is 15.8. The summed E-state index contributed by atoms with van der Waals surface area (Å²) in [5, 5.41) is 0. The average Bonchev–Trinajstić information content (AvgIpc) is 3.87. The molecular weight excluding hydrogens is 582 g/mol. The molecule has 11 rings (SSSR count). The van der Waals surface area contributed by atoms with E-state index in [1.807, 2.05) is 0 Å². The predicted octanol–water partition coefficient (Wildman–Crippen LogP) is 8.46. The highest BCUT2D eigenvalue weighted by Crippen LogP contribution is 2.58. The molecule has 0 radical (unpaired) electrons. The maximum Gasteiger partial charge on any atom is 0.0766 e. The lowest BCUT2D eigenvalue weighted by molar-refractivity contribution is -0.116. The zero-order chi connectivity index (χ0) is 30.6. The Bertz CT molecular complexity index is 1100. The minimum atomic E-state index is 0.440. The van der Waals surface area contributed by atoms with Crippen molar-refractivity contribution in [1.29, 1.82) is 0 Å². The molecule has 47 heavy (non-hydrogen) atoms. The first-order valence-electron chi connectivity index (χ1n) is 21.7. The molecule has 0 amide bonds. The van der Waals surface area contributed by atoms with Gasteiger partial charge in [0.05, 0.1) is 48.8 Å². The molecule has 0 aromatic heterocycles. The van der Waals surface area contributed by atoms with Crippen molar-refractivity contribution >= 4 is 0 Å². The van der Waals surface area contributed by atoms with Crippen LogP contribution in [0.3, 0.4) is 0 Å². The Morgan fingerprint density at radius 1 is 0.319 bits per heavy atom. The van der Waals surface area contributed by atoms with E-state index >= 15 is 0 Å². The van der Waals surface area contributed by atoms with Gasteiger partial charge in [-0.05, 0) is 144 Å². The number of nitrogens with zero attached hydrogens (tertiary/aromatic N) is 1. The Morgan fingerprint density at radius 3 is 1.47 bits per heavy atom. The smallest absolute Gasteiger partial charge is 0.0766 e. The molecule has 4 heterocycles. The molecule has 7 aliphatic carbocycles. The van der Waals surface area contributed by atoms with E-state index in [2.05, 4.69) is 4.90 Å². The molecule has 0 bridgehead atoms. The van der Waals surface area contributed by atoms with Crippen molar-refractivity contribution in [2.24, 2.45) is 47.3 Å². The molecule has 5 nitrogen and oxygen atoms in total. The minimum absolute atomic E-state index is 0.440. The van der Waals surface area contributed by atoms with Gasteiger partial charge in [0.25, 0.3) is 0 Å². The van der Waals surface area contributed by atoms with Crippen LogP contribution in [0.2, 0.25) is 0 Å². The molecule has 0 N–H and O–H groups in total. The molecule has 4 saturated heterocycles. The van der Waals surface area contributed by atoms with Crippen LogP contribution < -0.4 is 0 Å². The third-order valence-electron chi connectivity index (χ3n) is 17.5. The summed E-state index contributed by atoms with van der Waals surface area (Å²) in [6.45, 7) is 0. The Hall–Kier alpha value is -0.200. The van der Waals surface area contributed by atoms with E-state index in [4.69, 9.17) is 18.9 Å². The number of fused-ring (bicyclic) bond motifs is 13. The Morgan fingerprint density at radius 2 is 0.809 bits per heavy atom. The molecule has 19 atom stereocenters. The van der Waals surface area contributed by atoms with Crippen molar-refractivity contribution in [1.82, 2.24) is 4.90 Å². The maximum atomic E-state index is 7.65. The largest absolute Gasteiger partial charge is 0.374 e. The van der Waals surface area contributed by atoms with Gasteiger partial charge in [0, 0.05) is 24.0 Å². The zero-order valence-electron chi connectivity index (χ0n) is 29.3. The van der Waals surface area contributed by atoms with Gasteiger partial charge in [0.1, 0.15) is 0 Å². The monoisotopic (exact) mass is 647 g/mol. The second-order valence-corrected chi connectivity index (χ2v) is 19.2. The minimum Gasteiger partial charge on any atom is -0.374 e. The van der Waals surface area contributed by atoms with Crippen LogP contribution in [-0.4, -0.2) is 71.9 Å². The van der Waals surface area contributed by atoms with Crippen molar-refractivity contribution in [3.8, 4) is 0 Å². The number of ether oxygens (including phenoxy) is 4. The highest BCUT2D eigenvalue weighted by atomic mass is 16.5. The molecule has 4 aliphatic heterocycles. The van der Waals surface area contributed by atoms with Crippen LogP contribution in [0.4, 0.5) is 0 Å². The summed E-state index contributed by atoms with van der Waals surface area (Å²) >= 11 is 0. The Labute approximate surface area is 285 Å². The summed E-state index contributed by atoms with van der Waals surface area (Å²) in [5.74, 6) is 6.39. The van der Waals surface area contributed by atoms with Crippen LogP contribution in [0.25, 0.3) is 0 Å². The van der Waals surface area contributed by atoms with Crippen LogP contribution in [0.1, 0.15) is 148 Å². The zero-order valence-corrected chi connectivity index (χ0v) is 29.3. The summed E-state index contributed by atoms with van der Waals surface area (Å²) in [4.78, 5) is 3.21. The lowest BCUT2D eigenvalue weighted by Crippen LogP contribution is -2.60. The van der Waals surface area contributed by atoms with E-state index in [-0.39, 0.29) is 0 Å². The lowest BCUT2D eigenvalue weighted by Gasteiger charge is -2.52. The maximum absolute atomic E-state index is 7.65. The molecule has 262 valence electrons. The Kier molecular flexibility index (Phi) is 7.90. The van der Waals surface area contributed by atoms with Gasteiger partial charge in [-0.1, -0.05) is 44.9 Å². The normalized spacial score (nSPS) is 58.0. The molecule has 11 aliphatic rings. The second kappa shape index (κ2) is 12.2. The lowest BCUT2D eigenvalue weighted by atomic mass is 9.64. The summed E-state index contributed by atoms with van der Waals surface area (Å²) < 4.78 is 28.5. The first kappa shape index (κ1) is 30.4. The second-order valence-electron chi connectivity index (χ2n) is 19.2. The van der Waals surface area contributed by atoms with Crippen molar-refractivity contribution in [3.63, 3.8) is 0 Å². The fourth-order valence-corrected chi connectivity index (χ4v) is 15.8. The van der Waals surface area contributed by atoms with E-state index in [1.165, 1.54) is 148 Å². The van der Waals surface area contributed by atoms with Gasteiger partial charge < -0.3 is 18.9 Å². The molecule has 0 aromatic rings. The van der Waals surface area contributed by atoms with Gasteiger partial charge in [-0.2, -0.15) is 0 Å². The number of rotatable bonds is 3. The highest BCUT2D eigenvalue weighted by Gasteiger charge is 2.61. The van der Waals surface area contributed by atoms with Crippen molar-refractivity contribution in [3.05, 3.63) is 0 Å². The SMILES string of the molecule is C1CCC2C(C1)OC1CC(N(C3CCC4C(C3)OC3CCCCC34)C3CCCC4C5CCC6OC7CCCCC7C6C5OC43)CCC12. The third kappa shape index (κ3) is 4.91. The molecule has 11 fully saturated rings. The van der Waals surface area contributed by atoms with Gasteiger partial charge in [-0.15, -0.1) is 0 Å². The van der Waals surface area contributed by atoms with Gasteiger partial charge >= 0.3 is 0 Å². The summed E-state index contributed by atoms with van der Waals surface area (Å²) in [7, 11) is 0. The van der Waals surface area contributed by atoms with E-state index < -0.39 is 0 Å². The first-order valence-corrected chi connectivity index (χ1v) is 21.7. The third-order valence-corrected chi connectivity index (χ3v) is 17.5. The summed E-state index contributed by atoms with van der Waals surface area (Å²) in [5.41, 5.74) is 0. The van der Waals surface area contributed by atoms with Gasteiger partial charge in [0.15, 0.2) is 0 Å². The first-order chi connectivity index (χ1) is 23.3. The standard InChI is InChI=1S/C42H65NO4/c1-4-13-34-26(8-1)28-18-16-24(22-38(28)45-34)43(25-17-19-29-27-9-2-5-14-35(27)46-39(29)23-25)33-12-7-11-30-31-20-21-37-40(42(31)47-41(30)33)32-10-3-6-15-36(32)44-37/h24-42H,1-23H2. The highest BCUT2D eigenvalue weighted by molar-refractivity contribution is 5.11. The van der Waals surface area contributed by atoms with E-state index in [0.717, 1.165) is 41.4 Å². The number of hydrogen-bond acceptors (Lipinski definition) is 5. The van der Waals surface area contributed by atoms with Crippen LogP contribution in [0.15, 0.2) is 0 Å². The van der Waals surface area contributed by atoms with E-state index in [0.29, 0.717) is 72.9 Å². The number of hydrogen-bond donors (Lipinski definition) is 0. The van der Waals surface area contributed by atoms with Gasteiger partial charge in [0.2, 0.25) is 0 Å². The molecule has 19 unspecified atom stereocenters. The van der Waals surface area contributed by atoms with Crippen molar-refractivity contribution in [2.45, 2.75) is 215 Å². The van der Waals surface area contributed by atoms with Gasteiger partial charge in [-0.25, -0.2) is 0 Å². The molecular formula is C42H65NO4. The molecule has 0 spiro atoms. The topological polar surface area (TPSA) is 40.2 Å². The molecule has 5 heteroatoms. The van der Waals surface area contributed by atoms with Crippen LogP contribution in [0.5, 0.6) is 0 Å². The van der Waals surface area contributed by atoms with E-state index in [9.17, 15) is 0 Å². The molecule has 7 saturated carbocycles. The van der Waals surface area contributed by atoms with Crippen LogP contribution in [-0.2, 0) is 18.9 Å². The average molecular weight is 648 g/mol. The summed E-state index contributed by atoms with van der Waals surface area (Å²) in [6, 6.07) is 1.93. The van der Waals surface area contributed by atoms with Gasteiger partial charge in [-0.3, -0.25) is 4.90 Å².